The van der Waals surface area contributed by atoms with Crippen LogP contribution < -0.4 is 5.32 Å². The molecule has 0 aliphatic rings. The van der Waals surface area contributed by atoms with E-state index in [4.69, 9.17) is 23.2 Å². The van der Waals surface area contributed by atoms with Gasteiger partial charge in [0.05, 0.1) is 15.6 Å². The average molecular weight is 368 g/mol. The van der Waals surface area contributed by atoms with Crippen LogP contribution in [0.3, 0.4) is 0 Å². The summed E-state index contributed by atoms with van der Waals surface area (Å²) >= 11 is 11.5. The fraction of sp³-hybridized carbons (Fsp3) is 0.200. The molecule has 1 heterocycles. The summed E-state index contributed by atoms with van der Waals surface area (Å²) in [5.41, 5.74) is -0.672. The number of benzene rings is 1. The lowest BCUT2D eigenvalue weighted by molar-refractivity contribution is 0.102. The second-order valence-corrected chi connectivity index (χ2v) is 6.95. The Morgan fingerprint density at radius 1 is 1.41 bits per heavy atom. The first-order chi connectivity index (χ1) is 10.1. The zero-order chi connectivity index (χ0) is 16.7. The number of nitrogens with one attached hydrogen (secondary N) is 1. The molecule has 0 atom stereocenters. The molecule has 22 heavy (non-hydrogen) atoms. The molecule has 1 N–H and O–H groups in total. The molecule has 0 spiro atoms. The predicted molar refractivity (Wildman–Crippen MR) is 76.3 cm³/mol. The normalized spacial score (nSPS) is 11.5. The van der Waals surface area contributed by atoms with Crippen LogP contribution in [0, 0.1) is 5.82 Å². The standard InChI is InChI=1S/C10H8Cl2FN5O3S/c1-18-10(15-16-17-18)14-9(19)6-5(13)3-4(11)8(7(6)12)22(2,20)21/h3H,1-2H3,(H,14,15,17,19). The first-order valence-corrected chi connectivity index (χ1v) is 8.19. The molecule has 2 aromatic rings. The molecule has 0 saturated heterocycles. The molecule has 0 radical (unpaired) electrons. The molecule has 1 aromatic carbocycles. The van der Waals surface area contributed by atoms with Crippen LogP contribution in [-0.2, 0) is 16.9 Å². The number of aryl methyl sites for hydroxylation is 1. The van der Waals surface area contributed by atoms with Crippen molar-refractivity contribution >= 4 is 44.9 Å². The summed E-state index contributed by atoms with van der Waals surface area (Å²) in [5, 5.41) is 11.4. The zero-order valence-corrected chi connectivity index (χ0v) is 13.5. The molecule has 2 rings (SSSR count). The van der Waals surface area contributed by atoms with Crippen molar-refractivity contribution in [3.8, 4) is 0 Å². The van der Waals surface area contributed by atoms with E-state index in [-0.39, 0.29) is 5.95 Å². The number of aromatic nitrogens is 4. The number of carbonyl (C=O) groups excluding carboxylic acids is 1. The largest absolute Gasteiger partial charge is 0.289 e. The van der Waals surface area contributed by atoms with Crippen LogP contribution in [0.5, 0.6) is 0 Å². The van der Waals surface area contributed by atoms with Crippen LogP contribution >= 0.6 is 23.2 Å². The van der Waals surface area contributed by atoms with Gasteiger partial charge in [0.25, 0.3) is 5.91 Å². The molecule has 1 aromatic heterocycles. The molecule has 8 nitrogen and oxygen atoms in total. The number of hydrogen-bond acceptors (Lipinski definition) is 6. The van der Waals surface area contributed by atoms with E-state index in [1.54, 1.807) is 0 Å². The van der Waals surface area contributed by atoms with Gasteiger partial charge in [0.1, 0.15) is 10.7 Å². The molecule has 118 valence electrons. The second kappa shape index (κ2) is 5.78. The first kappa shape index (κ1) is 16.6. The summed E-state index contributed by atoms with van der Waals surface area (Å²) in [6, 6.07) is 0.702. The zero-order valence-electron chi connectivity index (χ0n) is 11.1. The topological polar surface area (TPSA) is 107 Å². The molecule has 0 aliphatic heterocycles. The Bertz CT molecular complexity index is 868. The van der Waals surface area contributed by atoms with Gasteiger partial charge in [0.15, 0.2) is 9.84 Å². The lowest BCUT2D eigenvalue weighted by atomic mass is 10.2. The molecule has 0 bridgehead atoms. The first-order valence-electron chi connectivity index (χ1n) is 5.54. The van der Waals surface area contributed by atoms with Crippen molar-refractivity contribution in [3.05, 3.63) is 27.5 Å². The van der Waals surface area contributed by atoms with Crippen molar-refractivity contribution in [3.63, 3.8) is 0 Å². The summed E-state index contributed by atoms with van der Waals surface area (Å²) in [7, 11) is -2.42. The van der Waals surface area contributed by atoms with Gasteiger partial charge in [0, 0.05) is 13.3 Å². The number of carbonyl (C=O) groups is 1. The molecule has 0 unspecified atom stereocenters. The average Bonchev–Trinajstić information content (AvgIpc) is 2.72. The maximum atomic E-state index is 14.0. The quantitative estimate of drug-likeness (QED) is 0.819. The van der Waals surface area contributed by atoms with Crippen molar-refractivity contribution in [1.29, 1.82) is 0 Å². The van der Waals surface area contributed by atoms with Crippen molar-refractivity contribution in [2.75, 3.05) is 11.6 Å². The van der Waals surface area contributed by atoms with E-state index in [0.29, 0.717) is 6.07 Å². The van der Waals surface area contributed by atoms with E-state index in [9.17, 15) is 17.6 Å². The Balaban J connectivity index is 2.56. The Hall–Kier alpha value is -1.78. The fourth-order valence-electron chi connectivity index (χ4n) is 1.62. The Morgan fingerprint density at radius 2 is 2.05 bits per heavy atom. The van der Waals surface area contributed by atoms with Gasteiger partial charge in [-0.05, 0) is 16.5 Å². The second-order valence-electron chi connectivity index (χ2n) is 4.21. The maximum absolute atomic E-state index is 14.0. The highest BCUT2D eigenvalue weighted by Gasteiger charge is 2.27. The molecule has 0 aliphatic carbocycles. The van der Waals surface area contributed by atoms with Crippen molar-refractivity contribution in [2.45, 2.75) is 4.90 Å². The van der Waals surface area contributed by atoms with Crippen LogP contribution in [0.2, 0.25) is 10.0 Å². The Kier molecular flexibility index (Phi) is 4.36. The van der Waals surface area contributed by atoms with Gasteiger partial charge in [-0.1, -0.05) is 28.3 Å². The third-order valence-electron chi connectivity index (χ3n) is 2.57. The lowest BCUT2D eigenvalue weighted by Gasteiger charge is -2.11. The minimum absolute atomic E-state index is 0.0728. The summed E-state index contributed by atoms with van der Waals surface area (Å²) in [5.74, 6) is -2.16. The van der Waals surface area contributed by atoms with E-state index < -0.39 is 42.1 Å². The van der Waals surface area contributed by atoms with Gasteiger partial charge in [0.2, 0.25) is 5.95 Å². The highest BCUT2D eigenvalue weighted by atomic mass is 35.5. The van der Waals surface area contributed by atoms with Crippen LogP contribution in [0.15, 0.2) is 11.0 Å². The third kappa shape index (κ3) is 3.03. The number of halogens is 3. The van der Waals surface area contributed by atoms with Gasteiger partial charge < -0.3 is 0 Å². The predicted octanol–water partition coefficient (Wildman–Crippen LogP) is 1.31. The highest BCUT2D eigenvalue weighted by Crippen LogP contribution is 2.34. The fourth-order valence-corrected chi connectivity index (χ4v) is 3.82. The number of rotatable bonds is 3. The SMILES string of the molecule is Cn1nnnc1NC(=O)c1c(F)cc(Cl)c(S(C)(=O)=O)c1Cl. The number of tetrazole rings is 1. The maximum Gasteiger partial charge on any atom is 0.262 e. The van der Waals surface area contributed by atoms with E-state index in [2.05, 4.69) is 20.8 Å². The minimum Gasteiger partial charge on any atom is -0.289 e. The Labute approximate surface area is 134 Å². The molecular weight excluding hydrogens is 360 g/mol. The highest BCUT2D eigenvalue weighted by molar-refractivity contribution is 7.91. The number of hydrogen-bond donors (Lipinski definition) is 1. The summed E-state index contributed by atoms with van der Waals surface area (Å²) < 4.78 is 38.4. The molecule has 1 amide bonds. The van der Waals surface area contributed by atoms with Gasteiger partial charge in [-0.15, -0.1) is 0 Å². The molecular formula is C10H8Cl2FN5O3S. The monoisotopic (exact) mass is 367 g/mol. The van der Waals surface area contributed by atoms with Gasteiger partial charge >= 0.3 is 0 Å². The summed E-state index contributed by atoms with van der Waals surface area (Å²) in [6.07, 6.45) is 0.840. The molecule has 0 saturated carbocycles. The number of sulfone groups is 1. The molecule has 12 heteroatoms. The van der Waals surface area contributed by atoms with Crippen molar-refractivity contribution in [2.24, 2.45) is 7.05 Å². The summed E-state index contributed by atoms with van der Waals surface area (Å²) in [4.78, 5) is 11.6. The van der Waals surface area contributed by atoms with Gasteiger partial charge in [-0.3, -0.25) is 10.1 Å². The van der Waals surface area contributed by atoms with E-state index in [1.165, 1.54) is 7.05 Å². The van der Waals surface area contributed by atoms with Crippen LogP contribution in [0.1, 0.15) is 10.4 Å². The van der Waals surface area contributed by atoms with Crippen molar-refractivity contribution < 1.29 is 17.6 Å². The Morgan fingerprint density at radius 3 is 2.55 bits per heavy atom. The van der Waals surface area contributed by atoms with Gasteiger partial charge in [-0.2, -0.15) is 0 Å². The number of nitrogens with zero attached hydrogens (tertiary/aromatic N) is 4. The summed E-state index contributed by atoms with van der Waals surface area (Å²) in [6.45, 7) is 0. The van der Waals surface area contributed by atoms with Gasteiger partial charge in [-0.25, -0.2) is 17.5 Å². The van der Waals surface area contributed by atoms with Crippen molar-refractivity contribution in [1.82, 2.24) is 20.2 Å². The van der Waals surface area contributed by atoms with Crippen LogP contribution in [0.4, 0.5) is 10.3 Å². The minimum atomic E-state index is -3.86. The van der Waals surface area contributed by atoms with Crippen LogP contribution in [-0.4, -0.2) is 40.8 Å². The molecule has 0 fully saturated rings. The number of amides is 1. The lowest BCUT2D eigenvalue weighted by Crippen LogP contribution is -2.18. The number of anilines is 1. The third-order valence-corrected chi connectivity index (χ3v) is 4.64. The van der Waals surface area contributed by atoms with E-state index in [0.717, 1.165) is 10.9 Å². The smallest absolute Gasteiger partial charge is 0.262 e. The van der Waals surface area contributed by atoms with E-state index in [1.807, 2.05) is 0 Å². The van der Waals surface area contributed by atoms with Crippen LogP contribution in [0.25, 0.3) is 0 Å². The van der Waals surface area contributed by atoms with E-state index >= 15 is 0 Å².